The van der Waals surface area contributed by atoms with Crippen LogP contribution in [0.3, 0.4) is 0 Å². The van der Waals surface area contributed by atoms with E-state index >= 15 is 0 Å². The fraction of sp³-hybridized carbons (Fsp3) is 0.188. The highest BCUT2D eigenvalue weighted by molar-refractivity contribution is 7.92. The number of anilines is 1. The fourth-order valence-electron chi connectivity index (χ4n) is 1.98. The van der Waals surface area contributed by atoms with E-state index in [1.54, 1.807) is 25.1 Å². The predicted octanol–water partition coefficient (Wildman–Crippen LogP) is 2.59. The smallest absolute Gasteiger partial charge is 0.337 e. The van der Waals surface area contributed by atoms with E-state index in [1.807, 2.05) is 0 Å². The molecule has 0 amide bonds. The summed E-state index contributed by atoms with van der Waals surface area (Å²) < 4.78 is 36.9. The molecule has 6 nitrogen and oxygen atoms in total. The summed E-state index contributed by atoms with van der Waals surface area (Å²) in [6.45, 7) is 1.71. The number of benzene rings is 2. The van der Waals surface area contributed by atoms with Crippen LogP contribution in [0.25, 0.3) is 0 Å². The van der Waals surface area contributed by atoms with Crippen LogP contribution < -0.4 is 9.46 Å². The highest BCUT2D eigenvalue weighted by atomic mass is 32.2. The standard InChI is InChI=1S/C16H17NO5S/c1-11-10-12(16(18)22-3)4-9-15(11)17-23(19,20)14-7-5-13(21-2)6-8-14/h4-10,17H,1-3H3. The second kappa shape index (κ2) is 6.70. The van der Waals surface area contributed by atoms with Crippen molar-refractivity contribution in [3.63, 3.8) is 0 Å². The Morgan fingerprint density at radius 2 is 1.70 bits per heavy atom. The lowest BCUT2D eigenvalue weighted by Gasteiger charge is -2.12. The second-order valence-corrected chi connectivity index (χ2v) is 6.48. The molecule has 2 rings (SSSR count). The lowest BCUT2D eigenvalue weighted by Crippen LogP contribution is -2.14. The summed E-state index contributed by atoms with van der Waals surface area (Å²) in [7, 11) is -0.924. The van der Waals surface area contributed by atoms with Gasteiger partial charge in [-0.3, -0.25) is 4.72 Å². The van der Waals surface area contributed by atoms with Crippen molar-refractivity contribution in [3.05, 3.63) is 53.6 Å². The van der Waals surface area contributed by atoms with Gasteiger partial charge in [-0.05, 0) is 55.0 Å². The molecular formula is C16H17NO5S. The minimum absolute atomic E-state index is 0.120. The molecule has 0 aliphatic carbocycles. The third kappa shape index (κ3) is 3.81. The monoisotopic (exact) mass is 335 g/mol. The molecule has 0 saturated heterocycles. The normalized spacial score (nSPS) is 10.9. The second-order valence-electron chi connectivity index (χ2n) is 4.80. The average molecular weight is 335 g/mol. The predicted molar refractivity (Wildman–Crippen MR) is 86.3 cm³/mol. The molecule has 0 atom stereocenters. The van der Waals surface area contributed by atoms with Gasteiger partial charge in [-0.1, -0.05) is 0 Å². The zero-order valence-electron chi connectivity index (χ0n) is 13.0. The van der Waals surface area contributed by atoms with Crippen molar-refractivity contribution in [2.75, 3.05) is 18.9 Å². The largest absolute Gasteiger partial charge is 0.497 e. The molecule has 0 aliphatic heterocycles. The molecule has 0 spiro atoms. The minimum Gasteiger partial charge on any atom is -0.497 e. The molecule has 0 radical (unpaired) electrons. The van der Waals surface area contributed by atoms with E-state index in [2.05, 4.69) is 9.46 Å². The van der Waals surface area contributed by atoms with Crippen LogP contribution in [-0.4, -0.2) is 28.6 Å². The van der Waals surface area contributed by atoms with Gasteiger partial charge in [-0.25, -0.2) is 13.2 Å². The molecule has 23 heavy (non-hydrogen) atoms. The third-order valence-electron chi connectivity index (χ3n) is 3.26. The molecule has 0 aromatic heterocycles. The van der Waals surface area contributed by atoms with Gasteiger partial charge in [0, 0.05) is 0 Å². The van der Waals surface area contributed by atoms with Crippen molar-refractivity contribution in [2.45, 2.75) is 11.8 Å². The van der Waals surface area contributed by atoms with Gasteiger partial charge in [-0.15, -0.1) is 0 Å². The van der Waals surface area contributed by atoms with Gasteiger partial charge >= 0.3 is 5.97 Å². The van der Waals surface area contributed by atoms with Crippen LogP contribution in [0, 0.1) is 6.92 Å². The number of esters is 1. The molecule has 0 saturated carbocycles. The maximum absolute atomic E-state index is 12.4. The third-order valence-corrected chi connectivity index (χ3v) is 4.64. The Morgan fingerprint density at radius 1 is 1.04 bits per heavy atom. The lowest BCUT2D eigenvalue weighted by atomic mass is 10.1. The van der Waals surface area contributed by atoms with E-state index in [4.69, 9.17) is 4.74 Å². The molecule has 0 aliphatic rings. The Hall–Kier alpha value is -2.54. The molecule has 0 unspecified atom stereocenters. The summed E-state index contributed by atoms with van der Waals surface area (Å²) in [6.07, 6.45) is 0. The molecule has 2 aromatic carbocycles. The maximum atomic E-state index is 12.4. The Labute approximate surface area is 135 Å². The van der Waals surface area contributed by atoms with Crippen LogP contribution in [0.15, 0.2) is 47.4 Å². The number of methoxy groups -OCH3 is 2. The number of carbonyl (C=O) groups is 1. The molecule has 7 heteroatoms. The zero-order valence-corrected chi connectivity index (χ0v) is 13.8. The Morgan fingerprint density at radius 3 is 2.22 bits per heavy atom. The Balaban J connectivity index is 2.27. The molecule has 2 aromatic rings. The van der Waals surface area contributed by atoms with E-state index < -0.39 is 16.0 Å². The van der Waals surface area contributed by atoms with E-state index in [0.29, 0.717) is 22.6 Å². The number of hydrogen-bond acceptors (Lipinski definition) is 5. The topological polar surface area (TPSA) is 81.7 Å². The van der Waals surface area contributed by atoms with Crippen LogP contribution in [-0.2, 0) is 14.8 Å². The van der Waals surface area contributed by atoms with E-state index in [1.165, 1.54) is 38.5 Å². The zero-order chi connectivity index (χ0) is 17.0. The van der Waals surface area contributed by atoms with Crippen molar-refractivity contribution in [1.29, 1.82) is 0 Å². The molecule has 0 bridgehead atoms. The number of rotatable bonds is 5. The van der Waals surface area contributed by atoms with Gasteiger partial charge in [-0.2, -0.15) is 0 Å². The summed E-state index contributed by atoms with van der Waals surface area (Å²) >= 11 is 0. The van der Waals surface area contributed by atoms with E-state index in [9.17, 15) is 13.2 Å². The van der Waals surface area contributed by atoms with Crippen LogP contribution in [0.1, 0.15) is 15.9 Å². The van der Waals surface area contributed by atoms with Gasteiger partial charge in [0.1, 0.15) is 5.75 Å². The number of sulfonamides is 1. The van der Waals surface area contributed by atoms with Crippen LogP contribution in [0.4, 0.5) is 5.69 Å². The van der Waals surface area contributed by atoms with Crippen molar-refractivity contribution in [1.82, 2.24) is 0 Å². The number of hydrogen-bond donors (Lipinski definition) is 1. The van der Waals surface area contributed by atoms with Crippen molar-refractivity contribution in [3.8, 4) is 5.75 Å². The van der Waals surface area contributed by atoms with Crippen molar-refractivity contribution < 1.29 is 22.7 Å². The highest BCUT2D eigenvalue weighted by Crippen LogP contribution is 2.22. The summed E-state index contributed by atoms with van der Waals surface area (Å²) in [6, 6.07) is 10.7. The minimum atomic E-state index is -3.72. The van der Waals surface area contributed by atoms with Gasteiger partial charge in [0.2, 0.25) is 0 Å². The molecule has 0 heterocycles. The van der Waals surface area contributed by atoms with E-state index in [-0.39, 0.29) is 4.90 Å². The first-order chi connectivity index (χ1) is 10.9. The molecule has 1 N–H and O–H groups in total. The average Bonchev–Trinajstić information content (AvgIpc) is 2.55. The summed E-state index contributed by atoms with van der Waals surface area (Å²) in [5.41, 5.74) is 1.37. The maximum Gasteiger partial charge on any atom is 0.337 e. The van der Waals surface area contributed by atoms with Crippen molar-refractivity contribution >= 4 is 21.7 Å². The SMILES string of the molecule is COC(=O)c1ccc(NS(=O)(=O)c2ccc(OC)cc2)c(C)c1. The fourth-order valence-corrected chi connectivity index (χ4v) is 3.11. The quantitative estimate of drug-likeness (QED) is 0.849. The molecule has 0 fully saturated rings. The van der Waals surface area contributed by atoms with Crippen LogP contribution in [0.2, 0.25) is 0 Å². The number of nitrogens with one attached hydrogen (secondary N) is 1. The number of aryl methyl sites for hydroxylation is 1. The highest BCUT2D eigenvalue weighted by Gasteiger charge is 2.16. The first-order valence-electron chi connectivity index (χ1n) is 6.73. The number of carbonyl (C=O) groups excluding carboxylic acids is 1. The van der Waals surface area contributed by atoms with Gasteiger partial charge in [0.25, 0.3) is 10.0 Å². The van der Waals surface area contributed by atoms with Crippen molar-refractivity contribution in [2.24, 2.45) is 0 Å². The summed E-state index contributed by atoms with van der Waals surface area (Å²) in [5, 5.41) is 0. The first-order valence-corrected chi connectivity index (χ1v) is 8.21. The van der Waals surface area contributed by atoms with Crippen LogP contribution in [0.5, 0.6) is 5.75 Å². The summed E-state index contributed by atoms with van der Waals surface area (Å²) in [4.78, 5) is 11.6. The summed E-state index contributed by atoms with van der Waals surface area (Å²) in [5.74, 6) is 0.0974. The Bertz CT molecular complexity index is 813. The lowest BCUT2D eigenvalue weighted by molar-refractivity contribution is 0.0600. The van der Waals surface area contributed by atoms with E-state index in [0.717, 1.165) is 0 Å². The molecular weight excluding hydrogens is 318 g/mol. The molecule has 122 valence electrons. The van der Waals surface area contributed by atoms with Gasteiger partial charge in [0.05, 0.1) is 30.4 Å². The van der Waals surface area contributed by atoms with Crippen LogP contribution >= 0.6 is 0 Å². The van der Waals surface area contributed by atoms with Gasteiger partial charge in [0.15, 0.2) is 0 Å². The number of ether oxygens (including phenoxy) is 2. The Kier molecular flexibility index (Phi) is 4.90. The first kappa shape index (κ1) is 16.8. The van der Waals surface area contributed by atoms with Gasteiger partial charge < -0.3 is 9.47 Å².